The van der Waals surface area contributed by atoms with Gasteiger partial charge in [-0.25, -0.2) is 8.42 Å². The van der Waals surface area contributed by atoms with Gasteiger partial charge in [0.25, 0.3) is 10.0 Å². The third-order valence-corrected chi connectivity index (χ3v) is 4.63. The van der Waals surface area contributed by atoms with Crippen LogP contribution in [0.15, 0.2) is 47.6 Å². The van der Waals surface area contributed by atoms with Gasteiger partial charge in [0.1, 0.15) is 4.90 Å². The van der Waals surface area contributed by atoms with E-state index in [-0.39, 0.29) is 11.8 Å². The molecule has 1 aliphatic heterocycles. The first-order valence-electron chi connectivity index (χ1n) is 6.24. The second kappa shape index (κ2) is 4.92. The quantitative estimate of drug-likeness (QED) is 0.863. The Kier molecular flexibility index (Phi) is 3.23. The van der Waals surface area contributed by atoms with Crippen LogP contribution in [0.3, 0.4) is 0 Å². The number of nitrogens with one attached hydrogen (secondary N) is 1. The molecule has 0 atom stereocenters. The summed E-state index contributed by atoms with van der Waals surface area (Å²) in [5, 5.41) is 0. The fraction of sp³-hybridized carbons (Fsp3) is 0.154. The average molecular weight is 288 g/mol. The molecule has 1 N–H and O–H groups in total. The lowest BCUT2D eigenvalue weighted by Crippen LogP contribution is -2.29. The molecular weight excluding hydrogens is 275 g/mol. The van der Waals surface area contributed by atoms with Gasteiger partial charge >= 0.3 is 6.92 Å². The summed E-state index contributed by atoms with van der Waals surface area (Å²) in [6, 6.07) is 8.62. The summed E-state index contributed by atoms with van der Waals surface area (Å²) in [4.78, 5) is 3.98. The minimum Gasteiger partial charge on any atom is -0.427 e. The monoisotopic (exact) mass is 288 g/mol. The molecule has 2 aromatic rings. The minimum atomic E-state index is -3.63. The first-order valence-corrected chi connectivity index (χ1v) is 7.72. The molecule has 1 aromatic carbocycles. The summed E-state index contributed by atoms with van der Waals surface area (Å²) in [5.41, 5.74) is 2.49. The number of aromatic nitrogens is 1. The van der Waals surface area contributed by atoms with Crippen LogP contribution >= 0.6 is 0 Å². The summed E-state index contributed by atoms with van der Waals surface area (Å²) in [5.74, 6) is 0. The number of hydrogen-bond acceptors (Lipinski definition) is 4. The molecule has 0 bridgehead atoms. The van der Waals surface area contributed by atoms with Crippen LogP contribution in [0.4, 0.5) is 5.69 Å². The number of fused-ring (bicyclic) bond motifs is 1. The Morgan fingerprint density at radius 2 is 2.15 bits per heavy atom. The molecule has 0 radical (unpaired) electrons. The largest absolute Gasteiger partial charge is 0.427 e. The van der Waals surface area contributed by atoms with Crippen LogP contribution in [-0.4, -0.2) is 20.3 Å². The SMILES string of the molecule is CB1OCc2cccc(NS(=O)(=O)c3cccnc3)c21. The molecule has 0 spiro atoms. The van der Waals surface area contributed by atoms with Gasteiger partial charge in [-0.1, -0.05) is 19.0 Å². The van der Waals surface area contributed by atoms with E-state index >= 15 is 0 Å². The van der Waals surface area contributed by atoms with Crippen LogP contribution < -0.4 is 10.2 Å². The Morgan fingerprint density at radius 1 is 1.30 bits per heavy atom. The van der Waals surface area contributed by atoms with Crippen LogP contribution in [0, 0.1) is 0 Å². The lowest BCUT2D eigenvalue weighted by atomic mass is 9.63. The van der Waals surface area contributed by atoms with E-state index in [1.165, 1.54) is 18.5 Å². The number of pyridine rings is 1. The van der Waals surface area contributed by atoms with Crippen molar-refractivity contribution in [3.63, 3.8) is 0 Å². The maximum atomic E-state index is 12.3. The van der Waals surface area contributed by atoms with Crippen molar-refractivity contribution in [3.05, 3.63) is 48.3 Å². The first kappa shape index (κ1) is 13.1. The van der Waals surface area contributed by atoms with Crippen LogP contribution in [-0.2, 0) is 21.3 Å². The third kappa shape index (κ3) is 2.30. The Balaban J connectivity index is 1.99. The molecule has 3 rings (SSSR count). The molecule has 5 nitrogen and oxygen atoms in total. The number of nitrogens with zero attached hydrogens (tertiary/aromatic N) is 1. The fourth-order valence-corrected chi connectivity index (χ4v) is 3.36. The second-order valence-electron chi connectivity index (χ2n) is 4.63. The standard InChI is InChI=1S/C13H13BN2O3S/c1-14-13-10(9-19-14)4-2-6-12(13)16-20(17,18)11-5-3-7-15-8-11/h2-8,16H,9H2,1H3. The molecule has 0 aliphatic carbocycles. The highest BCUT2D eigenvalue weighted by Gasteiger charge is 2.28. The molecule has 1 aromatic heterocycles. The van der Waals surface area contributed by atoms with E-state index in [4.69, 9.17) is 4.65 Å². The predicted octanol–water partition coefficient (Wildman–Crippen LogP) is 1.24. The molecule has 1 aliphatic rings. The number of rotatable bonds is 3. The predicted molar refractivity (Wildman–Crippen MR) is 77.5 cm³/mol. The van der Waals surface area contributed by atoms with Gasteiger partial charge in [-0.15, -0.1) is 0 Å². The number of sulfonamides is 1. The summed E-state index contributed by atoms with van der Waals surface area (Å²) in [6.45, 7) is 2.31. The van der Waals surface area contributed by atoms with Crippen molar-refractivity contribution < 1.29 is 13.1 Å². The molecule has 0 saturated heterocycles. The van der Waals surface area contributed by atoms with Crippen molar-refractivity contribution in [2.75, 3.05) is 4.72 Å². The highest BCUT2D eigenvalue weighted by molar-refractivity contribution is 7.92. The van der Waals surface area contributed by atoms with Crippen molar-refractivity contribution in [1.29, 1.82) is 0 Å². The van der Waals surface area contributed by atoms with Crippen molar-refractivity contribution in [3.8, 4) is 0 Å². The van der Waals surface area contributed by atoms with E-state index in [2.05, 4.69) is 9.71 Å². The Morgan fingerprint density at radius 3 is 2.90 bits per heavy atom. The number of hydrogen-bond donors (Lipinski definition) is 1. The van der Waals surface area contributed by atoms with Gasteiger partial charge in [0.2, 0.25) is 0 Å². The van der Waals surface area contributed by atoms with Crippen molar-refractivity contribution in [1.82, 2.24) is 4.98 Å². The third-order valence-electron chi connectivity index (χ3n) is 3.28. The van der Waals surface area contributed by atoms with Gasteiger partial charge in [0.05, 0.1) is 6.61 Å². The van der Waals surface area contributed by atoms with Crippen molar-refractivity contribution in [2.24, 2.45) is 0 Å². The average Bonchev–Trinajstić information content (AvgIpc) is 2.82. The van der Waals surface area contributed by atoms with Crippen LogP contribution in [0.1, 0.15) is 5.56 Å². The smallest absolute Gasteiger partial charge is 0.326 e. The summed E-state index contributed by atoms with van der Waals surface area (Å²) >= 11 is 0. The van der Waals surface area contributed by atoms with Gasteiger partial charge in [-0.2, -0.15) is 0 Å². The first-order chi connectivity index (χ1) is 9.58. The zero-order chi connectivity index (χ0) is 14.2. The highest BCUT2D eigenvalue weighted by Crippen LogP contribution is 2.20. The maximum Gasteiger partial charge on any atom is 0.326 e. The van der Waals surface area contributed by atoms with Crippen LogP contribution in [0.25, 0.3) is 0 Å². The van der Waals surface area contributed by atoms with Gasteiger partial charge in [0.15, 0.2) is 0 Å². The molecule has 102 valence electrons. The van der Waals surface area contributed by atoms with E-state index in [1.54, 1.807) is 12.1 Å². The lowest BCUT2D eigenvalue weighted by molar-refractivity contribution is 0.333. The lowest BCUT2D eigenvalue weighted by Gasteiger charge is -2.12. The van der Waals surface area contributed by atoms with E-state index in [0.717, 1.165) is 11.0 Å². The number of anilines is 1. The second-order valence-corrected chi connectivity index (χ2v) is 6.31. The zero-order valence-corrected chi connectivity index (χ0v) is 11.7. The molecule has 20 heavy (non-hydrogen) atoms. The number of benzene rings is 1. The molecule has 0 amide bonds. The molecule has 0 unspecified atom stereocenters. The molecule has 0 saturated carbocycles. The Labute approximate surface area is 118 Å². The summed E-state index contributed by atoms with van der Waals surface area (Å²) in [7, 11) is -3.63. The maximum absolute atomic E-state index is 12.3. The normalized spacial score (nSPS) is 14.2. The molecule has 2 heterocycles. The highest BCUT2D eigenvalue weighted by atomic mass is 32.2. The van der Waals surface area contributed by atoms with Crippen LogP contribution in [0.2, 0.25) is 6.82 Å². The molecular formula is C13H13BN2O3S. The van der Waals surface area contributed by atoms with Gasteiger partial charge in [-0.05, 0) is 29.2 Å². The zero-order valence-electron chi connectivity index (χ0n) is 10.9. The van der Waals surface area contributed by atoms with Crippen molar-refractivity contribution in [2.45, 2.75) is 18.3 Å². The van der Waals surface area contributed by atoms with Gasteiger partial charge in [-0.3, -0.25) is 9.71 Å². The van der Waals surface area contributed by atoms with E-state index < -0.39 is 10.0 Å². The Hall–Kier alpha value is -1.86. The molecule has 7 heteroatoms. The van der Waals surface area contributed by atoms with E-state index in [1.807, 2.05) is 19.0 Å². The van der Waals surface area contributed by atoms with Gasteiger partial charge in [0, 0.05) is 18.1 Å². The Bertz CT molecular complexity index is 735. The van der Waals surface area contributed by atoms with Gasteiger partial charge < -0.3 is 4.65 Å². The van der Waals surface area contributed by atoms with E-state index in [0.29, 0.717) is 12.3 Å². The van der Waals surface area contributed by atoms with Crippen LogP contribution in [0.5, 0.6) is 0 Å². The van der Waals surface area contributed by atoms with Crippen molar-refractivity contribution >= 4 is 28.1 Å². The summed E-state index contributed by atoms with van der Waals surface area (Å²) in [6.07, 6.45) is 2.86. The summed E-state index contributed by atoms with van der Waals surface area (Å²) < 4.78 is 32.8. The minimum absolute atomic E-state index is 0.113. The van der Waals surface area contributed by atoms with E-state index in [9.17, 15) is 8.42 Å². The topological polar surface area (TPSA) is 68.3 Å². The molecule has 0 fully saturated rings. The fourth-order valence-electron chi connectivity index (χ4n) is 2.32.